The summed E-state index contributed by atoms with van der Waals surface area (Å²) in [4.78, 5) is 0. The largest absolute Gasteiger partial charge is 0.383 e. The summed E-state index contributed by atoms with van der Waals surface area (Å²) in [6.07, 6.45) is 0.961. The van der Waals surface area contributed by atoms with E-state index in [1.165, 1.54) is 11.1 Å². The Hall–Kier alpha value is -0.570. The van der Waals surface area contributed by atoms with Crippen molar-refractivity contribution in [2.75, 3.05) is 26.8 Å². The van der Waals surface area contributed by atoms with Crippen molar-refractivity contribution in [3.8, 4) is 0 Å². The molecule has 0 aliphatic heterocycles. The molecule has 3 heteroatoms. The van der Waals surface area contributed by atoms with Crippen molar-refractivity contribution in [3.63, 3.8) is 0 Å². The Morgan fingerprint density at radius 2 is 2.13 bits per heavy atom. The van der Waals surface area contributed by atoms with Crippen molar-refractivity contribution in [1.29, 1.82) is 0 Å². The Kier molecular flexibility index (Phi) is 5.69. The van der Waals surface area contributed by atoms with Gasteiger partial charge in [-0.3, -0.25) is 0 Å². The molecular formula is C12H18ClNO. The number of rotatable bonds is 6. The van der Waals surface area contributed by atoms with Gasteiger partial charge in [-0.25, -0.2) is 0 Å². The van der Waals surface area contributed by atoms with Crippen LogP contribution in [-0.2, 0) is 11.2 Å². The maximum atomic E-state index is 6.12. The summed E-state index contributed by atoms with van der Waals surface area (Å²) in [5.41, 5.74) is 2.41. The summed E-state index contributed by atoms with van der Waals surface area (Å²) in [7, 11) is 1.71. The normalized spacial score (nSPS) is 10.6. The van der Waals surface area contributed by atoms with Crippen LogP contribution >= 0.6 is 11.6 Å². The molecule has 1 rings (SSSR count). The van der Waals surface area contributed by atoms with Gasteiger partial charge in [-0.15, -0.1) is 0 Å². The van der Waals surface area contributed by atoms with E-state index in [0.29, 0.717) is 0 Å². The van der Waals surface area contributed by atoms with Crippen LogP contribution in [0.1, 0.15) is 11.1 Å². The van der Waals surface area contributed by atoms with Crippen molar-refractivity contribution in [3.05, 3.63) is 34.3 Å². The standard InChI is InChI=1S/C12H18ClNO/c1-10-3-4-11(12(13)9-10)5-6-14-7-8-15-2/h3-4,9,14H,5-8H2,1-2H3. The zero-order valence-electron chi connectivity index (χ0n) is 9.35. The predicted octanol–water partition coefficient (Wildman–Crippen LogP) is 2.43. The molecule has 0 unspecified atom stereocenters. The Balaban J connectivity index is 2.31. The van der Waals surface area contributed by atoms with Gasteiger partial charge in [0.25, 0.3) is 0 Å². The quantitative estimate of drug-likeness (QED) is 0.754. The van der Waals surface area contributed by atoms with Gasteiger partial charge in [0.1, 0.15) is 0 Å². The molecule has 0 bridgehead atoms. The summed E-state index contributed by atoms with van der Waals surface area (Å²) in [6, 6.07) is 6.19. The predicted molar refractivity (Wildman–Crippen MR) is 64.6 cm³/mol. The molecule has 0 spiro atoms. The van der Waals surface area contributed by atoms with Crippen molar-refractivity contribution < 1.29 is 4.74 Å². The maximum Gasteiger partial charge on any atom is 0.0587 e. The smallest absolute Gasteiger partial charge is 0.0587 e. The molecule has 2 nitrogen and oxygen atoms in total. The molecule has 84 valence electrons. The number of aryl methyl sites for hydroxylation is 1. The van der Waals surface area contributed by atoms with Crippen LogP contribution in [0, 0.1) is 6.92 Å². The number of benzene rings is 1. The first kappa shape index (κ1) is 12.5. The number of hydrogen-bond acceptors (Lipinski definition) is 2. The fourth-order valence-corrected chi connectivity index (χ4v) is 1.71. The Morgan fingerprint density at radius 1 is 1.33 bits per heavy atom. The van der Waals surface area contributed by atoms with E-state index in [0.717, 1.165) is 31.1 Å². The second-order valence-electron chi connectivity index (χ2n) is 3.59. The molecule has 15 heavy (non-hydrogen) atoms. The molecular weight excluding hydrogens is 210 g/mol. The third kappa shape index (κ3) is 4.65. The summed E-state index contributed by atoms with van der Waals surface area (Å²) in [5.74, 6) is 0. The Bertz CT molecular complexity index is 302. The number of hydrogen-bond donors (Lipinski definition) is 1. The van der Waals surface area contributed by atoms with Crippen LogP contribution in [0.2, 0.25) is 5.02 Å². The first-order valence-corrected chi connectivity index (χ1v) is 5.56. The molecule has 0 radical (unpaired) electrons. The van der Waals surface area contributed by atoms with Crippen molar-refractivity contribution >= 4 is 11.6 Å². The Labute approximate surface area is 96.6 Å². The third-order valence-corrected chi connectivity index (χ3v) is 2.61. The van der Waals surface area contributed by atoms with E-state index in [2.05, 4.69) is 17.4 Å². The highest BCUT2D eigenvalue weighted by molar-refractivity contribution is 6.31. The van der Waals surface area contributed by atoms with Gasteiger partial charge in [-0.1, -0.05) is 23.7 Å². The van der Waals surface area contributed by atoms with Gasteiger partial charge in [0.05, 0.1) is 6.61 Å². The number of halogens is 1. The van der Waals surface area contributed by atoms with Gasteiger partial charge in [0, 0.05) is 18.7 Å². The van der Waals surface area contributed by atoms with E-state index in [4.69, 9.17) is 16.3 Å². The van der Waals surface area contributed by atoms with Crippen LogP contribution in [0.5, 0.6) is 0 Å². The summed E-state index contributed by atoms with van der Waals surface area (Å²) in [6.45, 7) is 4.63. The third-order valence-electron chi connectivity index (χ3n) is 2.26. The molecule has 0 aliphatic rings. The van der Waals surface area contributed by atoms with Gasteiger partial charge < -0.3 is 10.1 Å². The van der Waals surface area contributed by atoms with Crippen LogP contribution in [-0.4, -0.2) is 26.8 Å². The molecule has 1 N–H and O–H groups in total. The molecule has 0 fully saturated rings. The van der Waals surface area contributed by atoms with Crippen LogP contribution in [0.25, 0.3) is 0 Å². The zero-order valence-corrected chi connectivity index (χ0v) is 10.1. The molecule has 1 aromatic rings. The lowest BCUT2D eigenvalue weighted by molar-refractivity contribution is 0.199. The van der Waals surface area contributed by atoms with Crippen molar-refractivity contribution in [1.82, 2.24) is 5.32 Å². The van der Waals surface area contributed by atoms with Crippen LogP contribution < -0.4 is 5.32 Å². The second kappa shape index (κ2) is 6.83. The minimum atomic E-state index is 0.752. The van der Waals surface area contributed by atoms with E-state index in [-0.39, 0.29) is 0 Å². The van der Waals surface area contributed by atoms with Crippen molar-refractivity contribution in [2.24, 2.45) is 0 Å². The fraction of sp³-hybridized carbons (Fsp3) is 0.500. The average molecular weight is 228 g/mol. The van der Waals surface area contributed by atoms with Gasteiger partial charge in [0.15, 0.2) is 0 Å². The van der Waals surface area contributed by atoms with E-state index in [9.17, 15) is 0 Å². The monoisotopic (exact) mass is 227 g/mol. The minimum absolute atomic E-state index is 0.752. The lowest BCUT2D eigenvalue weighted by Gasteiger charge is -2.06. The van der Waals surface area contributed by atoms with Crippen LogP contribution in [0.3, 0.4) is 0 Å². The average Bonchev–Trinajstić information content (AvgIpc) is 2.20. The number of nitrogens with one attached hydrogen (secondary N) is 1. The van der Waals surface area contributed by atoms with E-state index in [1.54, 1.807) is 7.11 Å². The molecule has 0 aromatic heterocycles. The lowest BCUT2D eigenvalue weighted by Crippen LogP contribution is -2.21. The van der Waals surface area contributed by atoms with E-state index < -0.39 is 0 Å². The lowest BCUT2D eigenvalue weighted by atomic mass is 10.1. The molecule has 0 atom stereocenters. The van der Waals surface area contributed by atoms with Gasteiger partial charge >= 0.3 is 0 Å². The fourth-order valence-electron chi connectivity index (χ4n) is 1.38. The SMILES string of the molecule is COCCNCCc1ccc(C)cc1Cl. The summed E-state index contributed by atoms with van der Waals surface area (Å²) in [5, 5.41) is 4.16. The summed E-state index contributed by atoms with van der Waals surface area (Å²) >= 11 is 6.12. The van der Waals surface area contributed by atoms with Gasteiger partial charge in [0.2, 0.25) is 0 Å². The topological polar surface area (TPSA) is 21.3 Å². The van der Waals surface area contributed by atoms with E-state index >= 15 is 0 Å². The summed E-state index contributed by atoms with van der Waals surface area (Å²) < 4.78 is 4.94. The molecule has 0 saturated heterocycles. The number of ether oxygens (including phenoxy) is 1. The van der Waals surface area contributed by atoms with Gasteiger partial charge in [-0.2, -0.15) is 0 Å². The molecule has 0 heterocycles. The first-order valence-electron chi connectivity index (χ1n) is 5.18. The Morgan fingerprint density at radius 3 is 2.80 bits per heavy atom. The highest BCUT2D eigenvalue weighted by Crippen LogP contribution is 2.17. The maximum absolute atomic E-state index is 6.12. The minimum Gasteiger partial charge on any atom is -0.383 e. The first-order chi connectivity index (χ1) is 7.24. The highest BCUT2D eigenvalue weighted by Gasteiger charge is 1.99. The van der Waals surface area contributed by atoms with Gasteiger partial charge in [-0.05, 0) is 37.1 Å². The molecule has 0 amide bonds. The van der Waals surface area contributed by atoms with Crippen LogP contribution in [0.4, 0.5) is 0 Å². The molecule has 1 aromatic carbocycles. The second-order valence-corrected chi connectivity index (χ2v) is 3.99. The number of methoxy groups -OCH3 is 1. The molecule has 0 saturated carbocycles. The van der Waals surface area contributed by atoms with Crippen LogP contribution in [0.15, 0.2) is 18.2 Å². The molecule has 0 aliphatic carbocycles. The van der Waals surface area contributed by atoms with E-state index in [1.807, 2.05) is 13.0 Å². The highest BCUT2D eigenvalue weighted by atomic mass is 35.5. The van der Waals surface area contributed by atoms with Crippen molar-refractivity contribution in [2.45, 2.75) is 13.3 Å². The zero-order chi connectivity index (χ0) is 11.1.